The molecule has 1 aliphatic heterocycles. The fourth-order valence-electron chi connectivity index (χ4n) is 3.53. The number of carbonyl (C=O) groups is 1. The van der Waals surface area contributed by atoms with Gasteiger partial charge < -0.3 is 14.2 Å². The monoisotopic (exact) mass is 336 g/mol. The van der Waals surface area contributed by atoms with Crippen LogP contribution in [0.3, 0.4) is 0 Å². The number of pyridine rings is 1. The summed E-state index contributed by atoms with van der Waals surface area (Å²) < 4.78 is 7.48. The second-order valence-electron chi connectivity index (χ2n) is 6.47. The maximum atomic E-state index is 12.9. The van der Waals surface area contributed by atoms with Crippen LogP contribution in [0.25, 0.3) is 21.8 Å². The van der Waals surface area contributed by atoms with Crippen LogP contribution in [-0.2, 0) is 16.1 Å². The average molecular weight is 336 g/mol. The van der Waals surface area contributed by atoms with Crippen molar-refractivity contribution in [2.45, 2.75) is 19.6 Å². The number of benzene rings is 2. The van der Waals surface area contributed by atoms with Gasteiger partial charge in [-0.15, -0.1) is 0 Å². The number of para-hydroxylation sites is 2. The van der Waals surface area contributed by atoms with Gasteiger partial charge in [0.1, 0.15) is 6.54 Å². The van der Waals surface area contributed by atoms with Crippen molar-refractivity contribution in [3.05, 3.63) is 58.8 Å². The van der Waals surface area contributed by atoms with Crippen LogP contribution in [0.4, 0.5) is 0 Å². The van der Waals surface area contributed by atoms with Crippen molar-refractivity contribution >= 4 is 27.7 Å². The van der Waals surface area contributed by atoms with Gasteiger partial charge in [-0.05, 0) is 31.2 Å². The molecule has 0 radical (unpaired) electrons. The summed E-state index contributed by atoms with van der Waals surface area (Å²) in [6.07, 6.45) is 0.0557. The Morgan fingerprint density at radius 1 is 1.08 bits per heavy atom. The molecule has 3 aromatic rings. The molecule has 5 nitrogen and oxygen atoms in total. The first-order valence-electron chi connectivity index (χ1n) is 8.55. The summed E-state index contributed by atoms with van der Waals surface area (Å²) in [6.45, 7) is 3.98. The van der Waals surface area contributed by atoms with Crippen molar-refractivity contribution in [3.8, 4) is 0 Å². The lowest BCUT2D eigenvalue weighted by Gasteiger charge is -2.31. The first-order chi connectivity index (χ1) is 12.1. The molecule has 1 unspecified atom stereocenters. The number of amides is 1. The van der Waals surface area contributed by atoms with E-state index in [-0.39, 0.29) is 24.0 Å². The molecule has 2 aromatic carbocycles. The summed E-state index contributed by atoms with van der Waals surface area (Å²) in [4.78, 5) is 27.4. The van der Waals surface area contributed by atoms with Gasteiger partial charge in [-0.2, -0.15) is 0 Å². The van der Waals surface area contributed by atoms with Crippen molar-refractivity contribution < 1.29 is 9.53 Å². The minimum Gasteiger partial charge on any atom is -0.375 e. The number of morpholine rings is 1. The van der Waals surface area contributed by atoms with E-state index in [1.807, 2.05) is 64.9 Å². The smallest absolute Gasteiger partial charge is 0.242 e. The van der Waals surface area contributed by atoms with Crippen LogP contribution < -0.4 is 5.43 Å². The first-order valence-corrected chi connectivity index (χ1v) is 8.55. The van der Waals surface area contributed by atoms with Crippen molar-refractivity contribution in [1.29, 1.82) is 0 Å². The zero-order chi connectivity index (χ0) is 17.4. The summed E-state index contributed by atoms with van der Waals surface area (Å²) in [5.41, 5.74) is 1.59. The van der Waals surface area contributed by atoms with Crippen LogP contribution in [-0.4, -0.2) is 41.2 Å². The zero-order valence-corrected chi connectivity index (χ0v) is 14.1. The van der Waals surface area contributed by atoms with Gasteiger partial charge in [-0.25, -0.2) is 0 Å². The molecule has 1 fully saturated rings. The SMILES string of the molecule is CC1CN(C(=O)Cn2c3ccccc3c(=O)c3ccccc32)CCO1. The minimum atomic E-state index is 0.00916. The number of hydrogen-bond acceptors (Lipinski definition) is 3. The molecule has 5 heteroatoms. The summed E-state index contributed by atoms with van der Waals surface area (Å²) >= 11 is 0. The summed E-state index contributed by atoms with van der Waals surface area (Å²) in [6, 6.07) is 15.0. The van der Waals surface area contributed by atoms with Gasteiger partial charge in [-0.1, -0.05) is 24.3 Å². The van der Waals surface area contributed by atoms with E-state index in [0.717, 1.165) is 11.0 Å². The van der Waals surface area contributed by atoms with Crippen LogP contribution in [0.2, 0.25) is 0 Å². The van der Waals surface area contributed by atoms with Crippen LogP contribution in [0.5, 0.6) is 0 Å². The van der Waals surface area contributed by atoms with E-state index in [9.17, 15) is 9.59 Å². The van der Waals surface area contributed by atoms with Crippen LogP contribution >= 0.6 is 0 Å². The molecule has 0 aliphatic carbocycles. The number of ether oxygens (including phenoxy) is 1. The third-order valence-electron chi connectivity index (χ3n) is 4.77. The van der Waals surface area contributed by atoms with Gasteiger partial charge >= 0.3 is 0 Å². The van der Waals surface area contributed by atoms with Gasteiger partial charge in [0.15, 0.2) is 5.43 Å². The van der Waals surface area contributed by atoms with E-state index >= 15 is 0 Å². The number of fused-ring (bicyclic) bond motifs is 2. The van der Waals surface area contributed by atoms with E-state index in [4.69, 9.17) is 4.74 Å². The van der Waals surface area contributed by atoms with Crippen molar-refractivity contribution in [2.24, 2.45) is 0 Å². The van der Waals surface area contributed by atoms with E-state index in [2.05, 4.69) is 0 Å². The topological polar surface area (TPSA) is 51.5 Å². The molecule has 1 saturated heterocycles. The molecule has 1 aromatic heterocycles. The number of carbonyl (C=O) groups excluding carboxylic acids is 1. The Hall–Kier alpha value is -2.66. The third kappa shape index (κ3) is 2.81. The number of rotatable bonds is 2. The van der Waals surface area contributed by atoms with Gasteiger partial charge in [0.25, 0.3) is 0 Å². The third-order valence-corrected chi connectivity index (χ3v) is 4.77. The second-order valence-corrected chi connectivity index (χ2v) is 6.47. The van der Waals surface area contributed by atoms with E-state index in [1.165, 1.54) is 0 Å². The highest BCUT2D eigenvalue weighted by molar-refractivity contribution is 5.94. The van der Waals surface area contributed by atoms with Gasteiger partial charge in [0.2, 0.25) is 5.91 Å². The molecule has 128 valence electrons. The number of nitrogens with zero attached hydrogens (tertiary/aromatic N) is 2. The Kier molecular flexibility index (Phi) is 4.01. The van der Waals surface area contributed by atoms with Gasteiger partial charge in [-0.3, -0.25) is 9.59 Å². The van der Waals surface area contributed by atoms with Crippen LogP contribution in [0.15, 0.2) is 53.3 Å². The lowest BCUT2D eigenvalue weighted by Crippen LogP contribution is -2.45. The molecule has 0 bridgehead atoms. The number of aromatic nitrogens is 1. The largest absolute Gasteiger partial charge is 0.375 e. The fraction of sp³-hybridized carbons (Fsp3) is 0.300. The fourth-order valence-corrected chi connectivity index (χ4v) is 3.53. The normalized spacial score (nSPS) is 18.0. The molecular formula is C20H20N2O3. The summed E-state index contributed by atoms with van der Waals surface area (Å²) in [5.74, 6) is 0.0501. The van der Waals surface area contributed by atoms with Crippen molar-refractivity contribution in [3.63, 3.8) is 0 Å². The number of hydrogen-bond donors (Lipinski definition) is 0. The van der Waals surface area contributed by atoms with Gasteiger partial charge in [0.05, 0.1) is 23.7 Å². The van der Waals surface area contributed by atoms with E-state index < -0.39 is 0 Å². The summed E-state index contributed by atoms with van der Waals surface area (Å²) in [7, 11) is 0. The highest BCUT2D eigenvalue weighted by Crippen LogP contribution is 2.19. The average Bonchev–Trinajstić information content (AvgIpc) is 2.65. The first kappa shape index (κ1) is 15.8. The molecule has 25 heavy (non-hydrogen) atoms. The molecule has 0 N–H and O–H groups in total. The molecule has 0 saturated carbocycles. The molecule has 4 rings (SSSR count). The molecule has 1 aliphatic rings. The van der Waals surface area contributed by atoms with Gasteiger partial charge in [0, 0.05) is 23.9 Å². The zero-order valence-electron chi connectivity index (χ0n) is 14.1. The molecule has 2 heterocycles. The Labute approximate surface area is 145 Å². The molecule has 0 spiro atoms. The summed E-state index contributed by atoms with van der Waals surface area (Å²) in [5, 5.41) is 1.29. The molecule has 1 atom stereocenters. The predicted molar refractivity (Wildman–Crippen MR) is 97.7 cm³/mol. The Morgan fingerprint density at radius 2 is 1.68 bits per heavy atom. The molecule has 1 amide bonds. The highest BCUT2D eigenvalue weighted by atomic mass is 16.5. The highest BCUT2D eigenvalue weighted by Gasteiger charge is 2.22. The minimum absolute atomic E-state index is 0.00916. The predicted octanol–water partition coefficient (Wildman–Crippen LogP) is 2.40. The maximum Gasteiger partial charge on any atom is 0.242 e. The van der Waals surface area contributed by atoms with Crippen molar-refractivity contribution in [2.75, 3.05) is 19.7 Å². The Bertz CT molecular complexity index is 949. The standard InChI is InChI=1S/C20H20N2O3/c1-14-12-21(10-11-25-14)19(23)13-22-17-8-4-2-6-15(17)20(24)16-7-3-5-9-18(16)22/h2-9,14H,10-13H2,1H3. The second kappa shape index (κ2) is 6.33. The molecular weight excluding hydrogens is 316 g/mol. The van der Waals surface area contributed by atoms with Crippen molar-refractivity contribution in [1.82, 2.24) is 9.47 Å². The van der Waals surface area contributed by atoms with E-state index in [1.54, 1.807) is 0 Å². The lowest BCUT2D eigenvalue weighted by atomic mass is 10.1. The Morgan fingerprint density at radius 3 is 2.28 bits per heavy atom. The maximum absolute atomic E-state index is 12.9. The lowest BCUT2D eigenvalue weighted by molar-refractivity contribution is -0.138. The Balaban J connectivity index is 1.83. The van der Waals surface area contributed by atoms with Crippen LogP contribution in [0, 0.1) is 0 Å². The van der Waals surface area contributed by atoms with E-state index in [0.29, 0.717) is 30.5 Å². The van der Waals surface area contributed by atoms with Crippen LogP contribution in [0.1, 0.15) is 6.92 Å². The quantitative estimate of drug-likeness (QED) is 0.675.